The monoisotopic (exact) mass is 395 g/mol. The second kappa shape index (κ2) is 9.01. The lowest BCUT2D eigenvalue weighted by Gasteiger charge is -2.13. The van der Waals surface area contributed by atoms with Crippen molar-refractivity contribution >= 4 is 28.9 Å². The minimum absolute atomic E-state index is 0.137. The third-order valence-corrected chi connectivity index (χ3v) is 4.40. The Morgan fingerprint density at radius 2 is 1.61 bits per heavy atom. The molecule has 3 aromatic rings. The van der Waals surface area contributed by atoms with Crippen LogP contribution in [0.25, 0.3) is 0 Å². The van der Waals surface area contributed by atoms with Crippen LogP contribution in [0.15, 0.2) is 72.8 Å². The summed E-state index contributed by atoms with van der Waals surface area (Å²) >= 11 is 5.86. The van der Waals surface area contributed by atoms with Crippen molar-refractivity contribution in [3.8, 4) is 0 Å². The predicted octanol–water partition coefficient (Wildman–Crippen LogP) is 4.79. The molecule has 0 radical (unpaired) electrons. The summed E-state index contributed by atoms with van der Waals surface area (Å²) in [6, 6.07) is 21.0. The summed E-state index contributed by atoms with van der Waals surface area (Å²) in [6.45, 7) is 0.785. The average Bonchev–Trinajstić information content (AvgIpc) is 2.72. The Labute approximate surface area is 167 Å². The molecule has 0 fully saturated rings. The fraction of sp³-hybridized carbons (Fsp3) is 0.0952. The third kappa shape index (κ3) is 5.08. The molecule has 0 aromatic heterocycles. The first-order valence-corrected chi connectivity index (χ1v) is 8.99. The molecule has 0 aliphatic heterocycles. The lowest BCUT2D eigenvalue weighted by atomic mass is 10.1. The molecule has 0 heterocycles. The summed E-state index contributed by atoms with van der Waals surface area (Å²) in [5.41, 5.74) is 2.53. The number of nitro benzene ring substituents is 1. The zero-order chi connectivity index (χ0) is 19.9. The van der Waals surface area contributed by atoms with Crippen molar-refractivity contribution in [2.75, 3.05) is 5.32 Å². The smallest absolute Gasteiger partial charge is 0.270 e. The number of hydrogen-bond donors (Lipinski definition) is 2. The molecule has 0 unspecified atom stereocenters. The maximum atomic E-state index is 12.7. The molecule has 7 heteroatoms. The normalized spacial score (nSPS) is 10.3. The molecule has 0 atom stereocenters. The summed E-state index contributed by atoms with van der Waals surface area (Å²) in [4.78, 5) is 23.3. The molecule has 142 valence electrons. The molecule has 0 saturated carbocycles. The number of carbonyl (C=O) groups is 1. The Hall–Kier alpha value is -3.38. The van der Waals surface area contributed by atoms with Gasteiger partial charge in [-0.1, -0.05) is 54.1 Å². The van der Waals surface area contributed by atoms with E-state index < -0.39 is 10.8 Å². The van der Waals surface area contributed by atoms with E-state index in [9.17, 15) is 14.9 Å². The molecule has 3 rings (SSSR count). The molecule has 0 saturated heterocycles. The number of halogens is 1. The van der Waals surface area contributed by atoms with Gasteiger partial charge in [-0.05, 0) is 29.3 Å². The van der Waals surface area contributed by atoms with Crippen LogP contribution in [0.2, 0.25) is 5.02 Å². The summed E-state index contributed by atoms with van der Waals surface area (Å²) < 4.78 is 0. The largest absolute Gasteiger partial charge is 0.380 e. The van der Waals surface area contributed by atoms with E-state index in [1.54, 1.807) is 18.2 Å². The molecule has 2 N–H and O–H groups in total. The van der Waals surface area contributed by atoms with Gasteiger partial charge in [0.1, 0.15) is 0 Å². The lowest BCUT2D eigenvalue weighted by molar-refractivity contribution is -0.384. The van der Waals surface area contributed by atoms with Crippen LogP contribution in [0.1, 0.15) is 21.5 Å². The van der Waals surface area contributed by atoms with Gasteiger partial charge < -0.3 is 10.6 Å². The average molecular weight is 396 g/mol. The molecular weight excluding hydrogens is 378 g/mol. The minimum Gasteiger partial charge on any atom is -0.380 e. The summed E-state index contributed by atoms with van der Waals surface area (Å²) in [5.74, 6) is -0.394. The summed E-state index contributed by atoms with van der Waals surface area (Å²) in [5, 5.41) is 17.7. The lowest BCUT2D eigenvalue weighted by Crippen LogP contribution is -2.24. The Kier molecular flexibility index (Phi) is 6.24. The number of nitrogens with one attached hydrogen (secondary N) is 2. The fourth-order valence-electron chi connectivity index (χ4n) is 2.66. The van der Waals surface area contributed by atoms with Gasteiger partial charge in [-0.25, -0.2) is 0 Å². The number of carbonyl (C=O) groups excluding carboxylic acids is 1. The predicted molar refractivity (Wildman–Crippen MR) is 109 cm³/mol. The van der Waals surface area contributed by atoms with E-state index in [0.717, 1.165) is 11.1 Å². The van der Waals surface area contributed by atoms with Gasteiger partial charge in [-0.15, -0.1) is 0 Å². The standard InChI is InChI=1S/C21H18ClN3O3/c22-17-8-6-16(7-9-17)14-24-21(26)19-12-18(25(27)28)10-11-20(19)23-13-15-4-2-1-3-5-15/h1-12,23H,13-14H2,(H,24,26). The fourth-order valence-corrected chi connectivity index (χ4v) is 2.79. The van der Waals surface area contributed by atoms with Gasteiger partial charge in [0.15, 0.2) is 0 Å². The van der Waals surface area contributed by atoms with Gasteiger partial charge in [0, 0.05) is 35.9 Å². The van der Waals surface area contributed by atoms with E-state index in [0.29, 0.717) is 17.3 Å². The van der Waals surface area contributed by atoms with E-state index in [1.165, 1.54) is 12.1 Å². The molecule has 0 spiro atoms. The highest BCUT2D eigenvalue weighted by Gasteiger charge is 2.16. The number of non-ortho nitro benzene ring substituents is 1. The van der Waals surface area contributed by atoms with Crippen molar-refractivity contribution in [1.29, 1.82) is 0 Å². The summed E-state index contributed by atoms with van der Waals surface area (Å²) in [6.07, 6.45) is 0. The molecule has 0 aliphatic rings. The van der Waals surface area contributed by atoms with Gasteiger partial charge >= 0.3 is 0 Å². The zero-order valence-corrected chi connectivity index (χ0v) is 15.6. The van der Waals surface area contributed by atoms with Crippen molar-refractivity contribution in [3.05, 3.63) is 105 Å². The first-order valence-electron chi connectivity index (χ1n) is 8.62. The topological polar surface area (TPSA) is 84.3 Å². The molecule has 3 aromatic carbocycles. The number of nitro groups is 1. The third-order valence-electron chi connectivity index (χ3n) is 4.15. The molecular formula is C21H18ClN3O3. The molecule has 0 bridgehead atoms. The first-order chi connectivity index (χ1) is 13.5. The van der Waals surface area contributed by atoms with Gasteiger partial charge in [-0.3, -0.25) is 14.9 Å². The quantitative estimate of drug-likeness (QED) is 0.445. The Balaban J connectivity index is 1.77. The molecule has 0 aliphatic carbocycles. The van der Waals surface area contributed by atoms with Gasteiger partial charge in [0.2, 0.25) is 0 Å². The van der Waals surface area contributed by atoms with Crippen LogP contribution in [-0.4, -0.2) is 10.8 Å². The molecule has 1 amide bonds. The minimum atomic E-state index is -0.517. The number of anilines is 1. The van der Waals surface area contributed by atoms with Crippen LogP contribution >= 0.6 is 11.6 Å². The van der Waals surface area contributed by atoms with Crippen molar-refractivity contribution in [2.45, 2.75) is 13.1 Å². The van der Waals surface area contributed by atoms with Crippen LogP contribution in [0.4, 0.5) is 11.4 Å². The Morgan fingerprint density at radius 1 is 0.929 bits per heavy atom. The molecule has 28 heavy (non-hydrogen) atoms. The van der Waals surface area contributed by atoms with E-state index >= 15 is 0 Å². The van der Waals surface area contributed by atoms with Crippen LogP contribution in [0.3, 0.4) is 0 Å². The van der Waals surface area contributed by atoms with Gasteiger partial charge in [-0.2, -0.15) is 0 Å². The van der Waals surface area contributed by atoms with E-state index in [4.69, 9.17) is 11.6 Å². The zero-order valence-electron chi connectivity index (χ0n) is 14.9. The maximum Gasteiger partial charge on any atom is 0.270 e. The number of nitrogens with zero attached hydrogens (tertiary/aromatic N) is 1. The highest BCUT2D eigenvalue weighted by Crippen LogP contribution is 2.23. The van der Waals surface area contributed by atoms with Gasteiger partial charge in [0.05, 0.1) is 10.5 Å². The first kappa shape index (κ1) is 19.4. The van der Waals surface area contributed by atoms with Crippen LogP contribution in [0.5, 0.6) is 0 Å². The van der Waals surface area contributed by atoms with Gasteiger partial charge in [0.25, 0.3) is 11.6 Å². The van der Waals surface area contributed by atoms with E-state index in [2.05, 4.69) is 10.6 Å². The van der Waals surface area contributed by atoms with E-state index in [-0.39, 0.29) is 17.8 Å². The second-order valence-electron chi connectivity index (χ2n) is 6.14. The van der Waals surface area contributed by atoms with Crippen LogP contribution in [-0.2, 0) is 13.1 Å². The highest BCUT2D eigenvalue weighted by molar-refractivity contribution is 6.30. The Bertz CT molecular complexity index is 976. The number of rotatable bonds is 7. The van der Waals surface area contributed by atoms with Crippen LogP contribution < -0.4 is 10.6 Å². The molecule has 6 nitrogen and oxygen atoms in total. The Morgan fingerprint density at radius 3 is 2.29 bits per heavy atom. The van der Waals surface area contributed by atoms with Crippen molar-refractivity contribution < 1.29 is 9.72 Å². The number of hydrogen-bond acceptors (Lipinski definition) is 4. The van der Waals surface area contributed by atoms with Crippen molar-refractivity contribution in [3.63, 3.8) is 0 Å². The van der Waals surface area contributed by atoms with Crippen LogP contribution in [0, 0.1) is 10.1 Å². The SMILES string of the molecule is O=C(NCc1ccc(Cl)cc1)c1cc([N+](=O)[O-])ccc1NCc1ccccc1. The summed E-state index contributed by atoms with van der Waals surface area (Å²) in [7, 11) is 0. The van der Waals surface area contributed by atoms with Crippen molar-refractivity contribution in [2.24, 2.45) is 0 Å². The number of benzene rings is 3. The van der Waals surface area contributed by atoms with E-state index in [1.807, 2.05) is 42.5 Å². The van der Waals surface area contributed by atoms with Crippen molar-refractivity contribution in [1.82, 2.24) is 5.32 Å². The maximum absolute atomic E-state index is 12.7. The highest BCUT2D eigenvalue weighted by atomic mass is 35.5. The number of amides is 1. The second-order valence-corrected chi connectivity index (χ2v) is 6.57.